The van der Waals surface area contributed by atoms with Gasteiger partial charge in [-0.25, -0.2) is 0 Å². The average molecular weight is 1100 g/mol. The van der Waals surface area contributed by atoms with Crippen molar-refractivity contribution in [2.75, 3.05) is 40.9 Å². The Morgan fingerprint density at radius 2 is 0.831 bits per heavy atom. The van der Waals surface area contributed by atoms with Crippen LogP contribution in [0.15, 0.2) is 85.1 Å². The second-order valence-corrected chi connectivity index (χ2v) is 23.9. The molecule has 0 saturated carbocycles. The zero-order valence-corrected chi connectivity index (χ0v) is 51.8. The highest BCUT2D eigenvalue weighted by atomic mass is 31.2. The summed E-state index contributed by atoms with van der Waals surface area (Å²) in [5, 5.41) is 3.03. The Bertz CT molecular complexity index is 1590. The van der Waals surface area contributed by atoms with Crippen LogP contribution < -0.4 is 10.2 Å². The van der Waals surface area contributed by atoms with Crippen LogP contribution in [-0.4, -0.2) is 69.4 Å². The molecule has 77 heavy (non-hydrogen) atoms. The summed E-state index contributed by atoms with van der Waals surface area (Å²) in [7, 11) is 1.17. The number of phosphoric ester groups is 1. The Labute approximate surface area is 476 Å². The predicted octanol–water partition coefficient (Wildman–Crippen LogP) is 19.1. The number of allylic oxidation sites excluding steroid dienone is 13. The lowest BCUT2D eigenvalue weighted by molar-refractivity contribution is -0.870. The van der Waals surface area contributed by atoms with E-state index in [-0.39, 0.29) is 24.9 Å². The predicted molar refractivity (Wildman–Crippen MR) is 330 cm³/mol. The van der Waals surface area contributed by atoms with Crippen molar-refractivity contribution in [2.24, 2.45) is 0 Å². The monoisotopic (exact) mass is 1100 g/mol. The van der Waals surface area contributed by atoms with Gasteiger partial charge >= 0.3 is 5.97 Å². The molecule has 0 aromatic carbocycles. The normalized spacial score (nSPS) is 14.2. The number of likely N-dealkylation sites (N-methyl/N-ethyl adjacent to an activating group) is 1. The molecule has 3 atom stereocenters. The molecule has 3 unspecified atom stereocenters. The van der Waals surface area contributed by atoms with Gasteiger partial charge in [0.25, 0.3) is 7.82 Å². The number of phosphoric acid groups is 1. The molecule has 446 valence electrons. The third kappa shape index (κ3) is 57.7. The first-order chi connectivity index (χ1) is 37.4. The molecule has 0 aromatic rings. The molecule has 0 bridgehead atoms. The highest BCUT2D eigenvalue weighted by Crippen LogP contribution is 2.38. The van der Waals surface area contributed by atoms with E-state index in [1.54, 1.807) is 0 Å². The van der Waals surface area contributed by atoms with E-state index >= 15 is 0 Å². The molecule has 0 radical (unpaired) electrons. The Morgan fingerprint density at radius 1 is 0.468 bits per heavy atom. The molecule has 9 nitrogen and oxygen atoms in total. The largest absolute Gasteiger partial charge is 0.756 e. The van der Waals surface area contributed by atoms with Crippen LogP contribution in [0, 0.1) is 0 Å². The molecule has 10 heteroatoms. The number of esters is 1. The number of hydrogen-bond donors (Lipinski definition) is 1. The maximum Gasteiger partial charge on any atom is 0.306 e. The number of quaternary nitrogens is 1. The van der Waals surface area contributed by atoms with Crippen LogP contribution in [-0.2, 0) is 27.9 Å². The van der Waals surface area contributed by atoms with E-state index in [1.807, 2.05) is 33.3 Å². The number of nitrogens with one attached hydrogen (secondary N) is 1. The van der Waals surface area contributed by atoms with E-state index in [1.165, 1.54) is 122 Å². The number of nitrogens with zero attached hydrogens (tertiary/aromatic N) is 1. The van der Waals surface area contributed by atoms with Crippen molar-refractivity contribution < 1.29 is 37.3 Å². The van der Waals surface area contributed by atoms with E-state index in [0.29, 0.717) is 23.9 Å². The van der Waals surface area contributed by atoms with Crippen molar-refractivity contribution in [3.8, 4) is 0 Å². The topological polar surface area (TPSA) is 114 Å². The van der Waals surface area contributed by atoms with Crippen molar-refractivity contribution in [3.63, 3.8) is 0 Å². The summed E-state index contributed by atoms with van der Waals surface area (Å²) in [5.74, 6) is -0.555. The second kappa shape index (κ2) is 56.5. The number of carbonyl (C=O) groups excluding carboxylic acids is 2. The summed E-state index contributed by atoms with van der Waals surface area (Å²) >= 11 is 0. The van der Waals surface area contributed by atoms with E-state index in [9.17, 15) is 19.0 Å². The van der Waals surface area contributed by atoms with Crippen molar-refractivity contribution in [3.05, 3.63) is 85.1 Å². The van der Waals surface area contributed by atoms with Gasteiger partial charge in [-0.3, -0.25) is 14.2 Å². The molecule has 0 rings (SSSR count). The highest BCUT2D eigenvalue weighted by Gasteiger charge is 2.27. The zero-order valence-electron chi connectivity index (χ0n) is 50.9. The maximum atomic E-state index is 13.5. The summed E-state index contributed by atoms with van der Waals surface area (Å²) in [6.07, 6.45) is 74.0. The van der Waals surface area contributed by atoms with Crippen molar-refractivity contribution in [1.29, 1.82) is 0 Å². The molecule has 1 amide bonds. The molecule has 0 aromatic heterocycles. The van der Waals surface area contributed by atoms with Gasteiger partial charge in [-0.15, -0.1) is 0 Å². The minimum absolute atomic E-state index is 0.0267. The number of amides is 1. The van der Waals surface area contributed by atoms with Gasteiger partial charge in [-0.05, 0) is 83.1 Å². The number of ether oxygens (including phenoxy) is 1. The summed E-state index contributed by atoms with van der Waals surface area (Å²) in [4.78, 5) is 40.0. The number of carbonyl (C=O) groups is 2. The maximum absolute atomic E-state index is 13.5. The summed E-state index contributed by atoms with van der Waals surface area (Å²) in [6, 6.07) is -0.896. The fourth-order valence-electron chi connectivity index (χ4n) is 8.94. The molecular weight excluding hydrogens is 976 g/mol. The molecule has 0 saturated heterocycles. The fourth-order valence-corrected chi connectivity index (χ4v) is 9.66. The molecule has 1 N–H and O–H groups in total. The first-order valence-electron chi connectivity index (χ1n) is 31.9. The van der Waals surface area contributed by atoms with Crippen LogP contribution in [0.5, 0.6) is 0 Å². The van der Waals surface area contributed by atoms with Gasteiger partial charge in [0.05, 0.1) is 33.8 Å². The van der Waals surface area contributed by atoms with Gasteiger partial charge in [-0.1, -0.05) is 267 Å². The fraction of sp³-hybridized carbons (Fsp3) is 0.761. The van der Waals surface area contributed by atoms with E-state index in [2.05, 4.69) is 99.0 Å². The number of rotatable bonds is 57. The molecule has 0 heterocycles. The lowest BCUT2D eigenvalue weighted by Gasteiger charge is -2.30. The zero-order chi connectivity index (χ0) is 56.4. The van der Waals surface area contributed by atoms with Gasteiger partial charge in [0.15, 0.2) is 0 Å². The number of unbranched alkanes of at least 4 members (excludes halogenated alkanes) is 29. The van der Waals surface area contributed by atoms with E-state index in [4.69, 9.17) is 13.8 Å². The third-order valence-electron chi connectivity index (χ3n) is 13.8. The SMILES string of the molecule is CC/C=C\C/C=C\C/C=C\C/C=C\C/C=C\C/C=C\CCCCCCCCC(=O)OC(/C=C\CCCCCCCCCCCC)C(COP(=O)([O-])OCC[N+](C)(C)C)NC(=O)CCCCCCCCCCCCCCCC. The van der Waals surface area contributed by atoms with Crippen molar-refractivity contribution in [2.45, 2.75) is 290 Å². The molecular formula is C67H121N2O7P. The molecule has 0 fully saturated rings. The molecule has 0 aliphatic heterocycles. The quantitative estimate of drug-likeness (QED) is 0.0212. The Balaban J connectivity index is 5.19. The Morgan fingerprint density at radius 3 is 1.25 bits per heavy atom. The van der Waals surface area contributed by atoms with Gasteiger partial charge in [0.2, 0.25) is 5.91 Å². The molecule has 0 aliphatic rings. The smallest absolute Gasteiger partial charge is 0.306 e. The van der Waals surface area contributed by atoms with Gasteiger partial charge in [0, 0.05) is 12.8 Å². The average Bonchev–Trinajstić information content (AvgIpc) is 3.39. The Hall–Kier alpha value is -2.81. The lowest BCUT2D eigenvalue weighted by atomic mass is 10.0. The van der Waals surface area contributed by atoms with Gasteiger partial charge in [-0.2, -0.15) is 0 Å². The minimum Gasteiger partial charge on any atom is -0.756 e. The van der Waals surface area contributed by atoms with Crippen LogP contribution in [0.2, 0.25) is 0 Å². The van der Waals surface area contributed by atoms with Gasteiger partial charge in [0.1, 0.15) is 19.3 Å². The molecule has 0 aliphatic carbocycles. The lowest BCUT2D eigenvalue weighted by Crippen LogP contribution is -2.47. The first-order valence-corrected chi connectivity index (χ1v) is 33.4. The standard InChI is InChI=1S/C67H121N2O7P/c1-7-10-13-16-19-22-25-28-30-31-32-33-34-35-36-37-38-39-40-42-45-48-51-54-57-60-67(71)76-65(58-55-52-49-46-43-27-24-21-18-15-12-9-3)64(63-75-77(72,73)74-62-61-69(4,5)6)68-66(70)59-56-53-50-47-44-41-29-26-23-20-17-14-11-8-2/h10,13,19,22,28,30,32-33,35-36,38-39,55,58,64-65H,7-9,11-12,14-18,20-21,23-27,29,31,34,37,40-54,56-57,59-63H2,1-6H3,(H-,68,70,72,73)/b13-10-,22-19-,30-28-,33-32-,36-35-,39-38-,58-55-. The van der Waals surface area contributed by atoms with Gasteiger partial charge < -0.3 is 28.5 Å². The highest BCUT2D eigenvalue weighted by molar-refractivity contribution is 7.45. The van der Waals surface area contributed by atoms with Crippen LogP contribution in [0.1, 0.15) is 278 Å². The van der Waals surface area contributed by atoms with Crippen molar-refractivity contribution in [1.82, 2.24) is 5.32 Å². The first kappa shape index (κ1) is 74.2. The summed E-state index contributed by atoms with van der Waals surface area (Å²) < 4.78 is 30.3. The van der Waals surface area contributed by atoms with Crippen LogP contribution >= 0.6 is 7.82 Å². The van der Waals surface area contributed by atoms with Crippen molar-refractivity contribution >= 4 is 19.7 Å². The van der Waals surface area contributed by atoms with Crippen LogP contribution in [0.25, 0.3) is 0 Å². The summed E-state index contributed by atoms with van der Waals surface area (Å²) in [6.45, 7) is 6.73. The van der Waals surface area contributed by atoms with Crippen LogP contribution in [0.4, 0.5) is 0 Å². The Kier molecular flexibility index (Phi) is 54.4. The molecule has 0 spiro atoms. The summed E-state index contributed by atoms with van der Waals surface area (Å²) in [5.41, 5.74) is 0. The second-order valence-electron chi connectivity index (χ2n) is 22.5. The minimum atomic E-state index is -4.70. The number of hydrogen-bond acceptors (Lipinski definition) is 7. The van der Waals surface area contributed by atoms with Crippen LogP contribution in [0.3, 0.4) is 0 Å². The third-order valence-corrected chi connectivity index (χ3v) is 14.8. The van der Waals surface area contributed by atoms with E-state index < -0.39 is 26.6 Å². The van der Waals surface area contributed by atoms with E-state index in [0.717, 1.165) is 116 Å².